The Hall–Kier alpha value is -2.09. The molecular weight excluding hydrogens is 318 g/mol. The van der Waals surface area contributed by atoms with Gasteiger partial charge in [0.25, 0.3) is 0 Å². The highest BCUT2D eigenvalue weighted by atomic mass is 16.2. The third-order valence-corrected chi connectivity index (χ3v) is 5.83. The molecule has 0 bridgehead atoms. The zero-order valence-electron chi connectivity index (χ0n) is 16.5. The normalized spacial score (nSPS) is 16.2. The third kappa shape index (κ3) is 3.42. The smallest absolute Gasteiger partial charge is 0.235 e. The molecule has 0 radical (unpaired) electrons. The van der Waals surface area contributed by atoms with Gasteiger partial charge in [-0.1, -0.05) is 89.1 Å². The molecule has 2 heteroatoms. The first kappa shape index (κ1) is 18.7. The molecule has 2 aromatic carbocycles. The molecule has 1 saturated carbocycles. The van der Waals surface area contributed by atoms with Crippen molar-refractivity contribution >= 4 is 11.6 Å². The van der Waals surface area contributed by atoms with Gasteiger partial charge in [0.2, 0.25) is 5.91 Å². The van der Waals surface area contributed by atoms with Gasteiger partial charge in [-0.15, -0.1) is 0 Å². The van der Waals surface area contributed by atoms with E-state index in [1.54, 1.807) is 0 Å². The van der Waals surface area contributed by atoms with E-state index in [0.717, 1.165) is 36.9 Å². The summed E-state index contributed by atoms with van der Waals surface area (Å²) in [5.41, 5.74) is 4.25. The minimum absolute atomic E-state index is 0.163. The van der Waals surface area contributed by atoms with Crippen LogP contribution < -0.4 is 5.32 Å². The Kier molecular flexibility index (Phi) is 5.50. The third-order valence-electron chi connectivity index (χ3n) is 5.83. The maximum atomic E-state index is 13.6. The van der Waals surface area contributed by atoms with Crippen molar-refractivity contribution in [1.82, 2.24) is 0 Å². The van der Waals surface area contributed by atoms with Crippen molar-refractivity contribution in [2.45, 2.75) is 70.6 Å². The van der Waals surface area contributed by atoms with Gasteiger partial charge in [-0.05, 0) is 41.4 Å². The monoisotopic (exact) mass is 349 g/mol. The Balaban J connectivity index is 2.01. The van der Waals surface area contributed by atoms with Crippen molar-refractivity contribution < 1.29 is 4.79 Å². The van der Waals surface area contributed by atoms with Crippen LogP contribution in [-0.4, -0.2) is 5.91 Å². The predicted molar refractivity (Wildman–Crippen MR) is 110 cm³/mol. The van der Waals surface area contributed by atoms with Crippen LogP contribution in [0.25, 0.3) is 0 Å². The molecule has 1 N–H and O–H groups in total. The van der Waals surface area contributed by atoms with Crippen molar-refractivity contribution in [3.05, 3.63) is 65.2 Å². The van der Waals surface area contributed by atoms with Crippen LogP contribution in [0.3, 0.4) is 0 Å². The Morgan fingerprint density at radius 3 is 1.88 bits per heavy atom. The molecule has 3 rings (SSSR count). The highest BCUT2D eigenvalue weighted by Gasteiger charge is 2.43. The summed E-state index contributed by atoms with van der Waals surface area (Å²) in [4.78, 5) is 13.6. The number of carbonyl (C=O) groups excluding carboxylic acids is 1. The number of hydrogen-bond acceptors (Lipinski definition) is 1. The first-order valence-electron chi connectivity index (χ1n) is 9.95. The fourth-order valence-corrected chi connectivity index (χ4v) is 4.31. The number of para-hydroxylation sites is 1. The van der Waals surface area contributed by atoms with Gasteiger partial charge in [-0.25, -0.2) is 0 Å². The molecule has 2 nitrogen and oxygen atoms in total. The Morgan fingerprint density at radius 2 is 1.38 bits per heavy atom. The number of rotatable bonds is 5. The first-order valence-corrected chi connectivity index (χ1v) is 9.95. The highest BCUT2D eigenvalue weighted by molar-refractivity contribution is 6.00. The van der Waals surface area contributed by atoms with E-state index in [-0.39, 0.29) is 11.3 Å². The number of amides is 1. The molecule has 2 aromatic rings. The molecule has 0 saturated heterocycles. The van der Waals surface area contributed by atoms with Crippen molar-refractivity contribution in [2.75, 3.05) is 5.32 Å². The zero-order chi connectivity index (χ0) is 18.7. The van der Waals surface area contributed by atoms with Crippen LogP contribution in [0.1, 0.15) is 81.9 Å². The van der Waals surface area contributed by atoms with Gasteiger partial charge in [0, 0.05) is 5.69 Å². The summed E-state index contributed by atoms with van der Waals surface area (Å²) in [5.74, 6) is 0.914. The quantitative estimate of drug-likeness (QED) is 0.666. The lowest BCUT2D eigenvalue weighted by Crippen LogP contribution is -2.38. The maximum Gasteiger partial charge on any atom is 0.235 e. The molecule has 138 valence electrons. The van der Waals surface area contributed by atoms with Gasteiger partial charge < -0.3 is 5.32 Å². The van der Waals surface area contributed by atoms with Gasteiger partial charge in [-0.3, -0.25) is 4.79 Å². The van der Waals surface area contributed by atoms with Gasteiger partial charge in [0.1, 0.15) is 0 Å². The zero-order valence-corrected chi connectivity index (χ0v) is 16.5. The second kappa shape index (κ2) is 7.65. The number of carbonyl (C=O) groups is 1. The molecule has 1 aliphatic carbocycles. The van der Waals surface area contributed by atoms with Crippen molar-refractivity contribution in [3.63, 3.8) is 0 Å². The lowest BCUT2D eigenvalue weighted by molar-refractivity contribution is -0.121. The van der Waals surface area contributed by atoms with E-state index in [9.17, 15) is 4.79 Å². The van der Waals surface area contributed by atoms with Crippen LogP contribution in [0.4, 0.5) is 5.69 Å². The first-order chi connectivity index (χ1) is 12.5. The van der Waals surface area contributed by atoms with Crippen LogP contribution >= 0.6 is 0 Å². The lowest BCUT2D eigenvalue weighted by Gasteiger charge is -2.30. The molecule has 1 amide bonds. The van der Waals surface area contributed by atoms with E-state index < -0.39 is 0 Å². The molecule has 0 spiro atoms. The predicted octanol–water partition coefficient (Wildman–Crippen LogP) is 6.38. The molecule has 26 heavy (non-hydrogen) atoms. The van der Waals surface area contributed by atoms with Gasteiger partial charge in [0.05, 0.1) is 5.41 Å². The van der Waals surface area contributed by atoms with E-state index in [2.05, 4.69) is 63.3 Å². The van der Waals surface area contributed by atoms with E-state index >= 15 is 0 Å². The minimum Gasteiger partial charge on any atom is -0.325 e. The summed E-state index contributed by atoms with van der Waals surface area (Å²) in [6, 6.07) is 16.8. The van der Waals surface area contributed by atoms with Crippen LogP contribution in [0.15, 0.2) is 48.5 Å². The van der Waals surface area contributed by atoms with Crippen molar-refractivity contribution in [3.8, 4) is 0 Å². The Labute approximate surface area is 158 Å². The topological polar surface area (TPSA) is 29.1 Å². The van der Waals surface area contributed by atoms with E-state index in [1.165, 1.54) is 11.1 Å². The number of nitrogens with one attached hydrogen (secondary N) is 1. The summed E-state index contributed by atoms with van der Waals surface area (Å²) < 4.78 is 0. The average molecular weight is 350 g/mol. The van der Waals surface area contributed by atoms with Crippen molar-refractivity contribution in [2.24, 2.45) is 0 Å². The lowest BCUT2D eigenvalue weighted by atomic mass is 9.77. The van der Waals surface area contributed by atoms with Crippen molar-refractivity contribution in [1.29, 1.82) is 0 Å². The molecule has 0 aliphatic heterocycles. The van der Waals surface area contributed by atoms with E-state index in [4.69, 9.17) is 0 Å². The van der Waals surface area contributed by atoms with Crippen LogP contribution in [0, 0.1) is 0 Å². The second-order valence-electron chi connectivity index (χ2n) is 8.23. The second-order valence-corrected chi connectivity index (χ2v) is 8.23. The van der Waals surface area contributed by atoms with Crippen LogP contribution in [-0.2, 0) is 10.2 Å². The molecule has 0 heterocycles. The van der Waals surface area contributed by atoms with Gasteiger partial charge >= 0.3 is 0 Å². The maximum absolute atomic E-state index is 13.6. The van der Waals surface area contributed by atoms with Gasteiger partial charge in [0.15, 0.2) is 0 Å². The summed E-state index contributed by atoms with van der Waals surface area (Å²) >= 11 is 0. The van der Waals surface area contributed by atoms with E-state index in [1.807, 2.05) is 18.2 Å². The summed E-state index contributed by atoms with van der Waals surface area (Å²) in [5, 5.41) is 3.38. The number of anilines is 1. The fraction of sp³-hybridized carbons (Fsp3) is 0.458. The standard InChI is InChI=1S/C24H31NO/c1-17(2)20-13-10-14-21(18(3)4)22(20)25-23(26)24(15-8-9-16-24)19-11-6-5-7-12-19/h5-7,10-14,17-18H,8-9,15-16H2,1-4H3,(H,25,26). The molecule has 0 aromatic heterocycles. The molecular formula is C24H31NO. The van der Waals surface area contributed by atoms with Gasteiger partial charge in [-0.2, -0.15) is 0 Å². The Morgan fingerprint density at radius 1 is 0.846 bits per heavy atom. The van der Waals surface area contributed by atoms with E-state index in [0.29, 0.717) is 11.8 Å². The molecule has 1 aliphatic rings. The molecule has 0 atom stereocenters. The summed E-state index contributed by atoms with van der Waals surface area (Å²) in [6.07, 6.45) is 4.10. The SMILES string of the molecule is CC(C)c1cccc(C(C)C)c1NC(=O)C1(c2ccccc2)CCCC1. The van der Waals surface area contributed by atoms with Crippen LogP contribution in [0.5, 0.6) is 0 Å². The highest BCUT2D eigenvalue weighted by Crippen LogP contribution is 2.43. The molecule has 1 fully saturated rings. The largest absolute Gasteiger partial charge is 0.325 e. The fourth-order valence-electron chi connectivity index (χ4n) is 4.31. The summed E-state index contributed by atoms with van der Waals surface area (Å²) in [7, 11) is 0. The Bertz CT molecular complexity index is 729. The number of hydrogen-bond donors (Lipinski definition) is 1. The molecule has 0 unspecified atom stereocenters. The number of benzene rings is 2. The average Bonchev–Trinajstić information content (AvgIpc) is 3.13. The summed E-state index contributed by atoms with van der Waals surface area (Å²) in [6.45, 7) is 8.77. The minimum atomic E-state index is -0.389. The van der Waals surface area contributed by atoms with Crippen LogP contribution in [0.2, 0.25) is 0 Å².